The zero-order valence-electron chi connectivity index (χ0n) is 19.8. The van der Waals surface area contributed by atoms with Crippen LogP contribution >= 0.6 is 11.8 Å². The molecule has 8 heteroatoms. The molecule has 2 aromatic heterocycles. The van der Waals surface area contributed by atoms with Crippen LogP contribution in [-0.4, -0.2) is 75.0 Å². The minimum Gasteiger partial charge on any atom is -0.381 e. The number of carbonyl (C=O) groups excluding carboxylic acids is 1. The summed E-state index contributed by atoms with van der Waals surface area (Å²) in [6.45, 7) is 7.49. The molecule has 2 saturated heterocycles. The van der Waals surface area contributed by atoms with Crippen molar-refractivity contribution in [3.63, 3.8) is 0 Å². The first-order valence-electron chi connectivity index (χ1n) is 12.4. The number of thioether (sulfide) groups is 1. The third-order valence-electron chi connectivity index (χ3n) is 6.99. The van der Waals surface area contributed by atoms with Crippen LogP contribution in [0.3, 0.4) is 0 Å². The van der Waals surface area contributed by atoms with Gasteiger partial charge in [0, 0.05) is 54.1 Å². The predicted molar refractivity (Wildman–Crippen MR) is 135 cm³/mol. The van der Waals surface area contributed by atoms with Crippen LogP contribution in [0.4, 0.5) is 0 Å². The van der Waals surface area contributed by atoms with Crippen LogP contribution in [0.1, 0.15) is 48.5 Å². The SMILES string of the molecule is CCN(Cc1ccc(SC2CCN(C3CCOCC3)CC2)cc1)C(=O)c1cnc2[nH]ncc2c1. The fourth-order valence-electron chi connectivity index (χ4n) is 4.96. The number of rotatable bonds is 7. The summed E-state index contributed by atoms with van der Waals surface area (Å²) in [4.78, 5) is 23.2. The van der Waals surface area contributed by atoms with Crippen LogP contribution in [0, 0.1) is 0 Å². The maximum absolute atomic E-state index is 13.1. The van der Waals surface area contributed by atoms with Crippen LogP contribution < -0.4 is 0 Å². The van der Waals surface area contributed by atoms with Gasteiger partial charge in [-0.3, -0.25) is 9.89 Å². The van der Waals surface area contributed by atoms with Gasteiger partial charge in [0.25, 0.3) is 5.91 Å². The van der Waals surface area contributed by atoms with E-state index in [4.69, 9.17) is 4.74 Å². The molecular weight excluding hydrogens is 446 g/mol. The highest BCUT2D eigenvalue weighted by Gasteiger charge is 2.27. The number of aromatic amines is 1. The topological polar surface area (TPSA) is 74.3 Å². The van der Waals surface area contributed by atoms with E-state index in [1.54, 1.807) is 12.4 Å². The number of hydrogen-bond donors (Lipinski definition) is 1. The number of aromatic nitrogens is 3. The zero-order valence-corrected chi connectivity index (χ0v) is 20.6. The number of hydrogen-bond acceptors (Lipinski definition) is 6. The normalized spacial score (nSPS) is 18.4. The van der Waals surface area contributed by atoms with Crippen molar-refractivity contribution in [2.24, 2.45) is 0 Å². The van der Waals surface area contributed by atoms with Crippen molar-refractivity contribution in [1.82, 2.24) is 25.0 Å². The van der Waals surface area contributed by atoms with Gasteiger partial charge in [-0.05, 0) is 69.5 Å². The van der Waals surface area contributed by atoms with Crippen LogP contribution in [0.2, 0.25) is 0 Å². The first-order valence-corrected chi connectivity index (χ1v) is 13.2. The quantitative estimate of drug-likeness (QED) is 0.543. The lowest BCUT2D eigenvalue weighted by Gasteiger charge is -2.39. The maximum Gasteiger partial charge on any atom is 0.255 e. The van der Waals surface area contributed by atoms with E-state index in [1.165, 1.54) is 43.7 Å². The highest BCUT2D eigenvalue weighted by atomic mass is 32.2. The van der Waals surface area contributed by atoms with E-state index in [-0.39, 0.29) is 5.91 Å². The van der Waals surface area contributed by atoms with E-state index in [1.807, 2.05) is 29.7 Å². The Bertz CT molecular complexity index is 1090. The Hall–Kier alpha value is -2.42. The molecule has 1 amide bonds. The Balaban J connectivity index is 1.14. The number of H-pyrrole nitrogens is 1. The summed E-state index contributed by atoms with van der Waals surface area (Å²) >= 11 is 2.00. The van der Waals surface area contributed by atoms with Gasteiger partial charge in [0.1, 0.15) is 0 Å². The number of carbonyl (C=O) groups is 1. The minimum absolute atomic E-state index is 0.00663. The molecule has 1 N–H and O–H groups in total. The molecule has 0 radical (unpaired) electrons. The van der Waals surface area contributed by atoms with Crippen LogP contribution in [-0.2, 0) is 11.3 Å². The van der Waals surface area contributed by atoms with E-state index in [2.05, 4.69) is 44.3 Å². The molecule has 0 spiro atoms. The van der Waals surface area contributed by atoms with Gasteiger partial charge in [0.05, 0.1) is 11.8 Å². The zero-order chi connectivity index (χ0) is 23.3. The van der Waals surface area contributed by atoms with E-state index in [0.29, 0.717) is 29.6 Å². The van der Waals surface area contributed by atoms with Crippen LogP contribution in [0.15, 0.2) is 47.6 Å². The standard InChI is InChI=1S/C26H33N5O2S/c1-2-30(26(32)21-15-20-17-28-29-25(20)27-16-21)18-19-3-5-23(6-4-19)34-24-7-11-31(12-8-24)22-9-13-33-14-10-22/h3-6,15-17,22,24H,2,7-14,18H2,1H3,(H,27,28,29). The second-order valence-corrected chi connectivity index (χ2v) is 10.6. The summed E-state index contributed by atoms with van der Waals surface area (Å²) in [5.41, 5.74) is 2.43. The van der Waals surface area contributed by atoms with Crippen molar-refractivity contribution >= 4 is 28.7 Å². The molecular formula is C26H33N5O2S. The molecule has 2 fully saturated rings. The third-order valence-corrected chi connectivity index (χ3v) is 8.34. The summed E-state index contributed by atoms with van der Waals surface area (Å²) in [5.74, 6) is -0.00663. The van der Waals surface area contributed by atoms with Gasteiger partial charge in [-0.15, -0.1) is 11.8 Å². The minimum atomic E-state index is -0.00663. The average molecular weight is 480 g/mol. The van der Waals surface area contributed by atoms with E-state index >= 15 is 0 Å². The van der Waals surface area contributed by atoms with Gasteiger partial charge in [0.2, 0.25) is 0 Å². The van der Waals surface area contributed by atoms with E-state index in [0.717, 1.165) is 30.2 Å². The molecule has 34 heavy (non-hydrogen) atoms. The van der Waals surface area contributed by atoms with Crippen LogP contribution in [0.5, 0.6) is 0 Å². The number of fused-ring (bicyclic) bond motifs is 1. The van der Waals surface area contributed by atoms with Crippen molar-refractivity contribution in [3.8, 4) is 0 Å². The van der Waals surface area contributed by atoms with Gasteiger partial charge in [-0.25, -0.2) is 4.98 Å². The molecule has 0 aliphatic carbocycles. The molecule has 0 saturated carbocycles. The molecule has 2 aliphatic heterocycles. The van der Waals surface area contributed by atoms with Gasteiger partial charge in [-0.2, -0.15) is 5.10 Å². The molecule has 0 atom stereocenters. The number of likely N-dealkylation sites (tertiary alicyclic amines) is 1. The Morgan fingerprint density at radius 2 is 1.91 bits per heavy atom. The molecule has 7 nitrogen and oxygen atoms in total. The highest BCUT2D eigenvalue weighted by molar-refractivity contribution is 8.00. The van der Waals surface area contributed by atoms with Crippen molar-refractivity contribution in [1.29, 1.82) is 0 Å². The molecule has 0 bridgehead atoms. The molecule has 5 rings (SSSR count). The smallest absolute Gasteiger partial charge is 0.255 e. The Morgan fingerprint density at radius 3 is 2.65 bits per heavy atom. The predicted octanol–water partition coefficient (Wildman–Crippen LogP) is 4.36. The highest BCUT2D eigenvalue weighted by Crippen LogP contribution is 2.32. The number of pyridine rings is 1. The summed E-state index contributed by atoms with van der Waals surface area (Å²) in [6.07, 6.45) is 8.18. The second kappa shape index (κ2) is 10.9. The van der Waals surface area contributed by atoms with Crippen molar-refractivity contribution in [3.05, 3.63) is 53.9 Å². The summed E-state index contributed by atoms with van der Waals surface area (Å²) in [5, 5.41) is 8.34. The van der Waals surface area contributed by atoms with Crippen molar-refractivity contribution in [2.45, 2.75) is 55.3 Å². The Kier molecular flexibility index (Phi) is 7.47. The average Bonchev–Trinajstić information content (AvgIpc) is 3.37. The maximum atomic E-state index is 13.1. The monoisotopic (exact) mass is 479 g/mol. The lowest BCUT2D eigenvalue weighted by atomic mass is 10.0. The van der Waals surface area contributed by atoms with Crippen molar-refractivity contribution < 1.29 is 9.53 Å². The molecule has 180 valence electrons. The van der Waals surface area contributed by atoms with Gasteiger partial charge >= 0.3 is 0 Å². The number of ether oxygens (including phenoxy) is 1. The number of benzene rings is 1. The lowest BCUT2D eigenvalue weighted by molar-refractivity contribution is 0.0280. The number of amides is 1. The third kappa shape index (κ3) is 5.45. The molecule has 1 aromatic carbocycles. The molecule has 2 aliphatic rings. The second-order valence-electron chi connectivity index (χ2n) is 9.19. The van der Waals surface area contributed by atoms with Crippen molar-refractivity contribution in [2.75, 3.05) is 32.8 Å². The molecule has 4 heterocycles. The summed E-state index contributed by atoms with van der Waals surface area (Å²) in [7, 11) is 0. The summed E-state index contributed by atoms with van der Waals surface area (Å²) in [6, 6.07) is 11.3. The fraction of sp³-hybridized carbons (Fsp3) is 0.500. The van der Waals surface area contributed by atoms with E-state index in [9.17, 15) is 4.79 Å². The van der Waals surface area contributed by atoms with E-state index < -0.39 is 0 Å². The number of nitrogens with one attached hydrogen (secondary N) is 1. The largest absolute Gasteiger partial charge is 0.381 e. The number of piperidine rings is 1. The van der Waals surface area contributed by atoms with Crippen LogP contribution in [0.25, 0.3) is 11.0 Å². The number of nitrogens with zero attached hydrogens (tertiary/aromatic N) is 4. The summed E-state index contributed by atoms with van der Waals surface area (Å²) < 4.78 is 5.52. The first kappa shape index (κ1) is 23.3. The Morgan fingerprint density at radius 1 is 1.15 bits per heavy atom. The fourth-order valence-corrected chi connectivity index (χ4v) is 6.08. The van der Waals surface area contributed by atoms with Gasteiger partial charge in [0.15, 0.2) is 5.65 Å². The molecule has 3 aromatic rings. The van der Waals surface area contributed by atoms with Gasteiger partial charge < -0.3 is 14.5 Å². The van der Waals surface area contributed by atoms with Gasteiger partial charge in [-0.1, -0.05) is 12.1 Å². The Labute approximate surface area is 205 Å². The molecule has 0 unspecified atom stereocenters. The first-order chi connectivity index (χ1) is 16.7. The lowest BCUT2D eigenvalue weighted by Crippen LogP contribution is -2.44.